The minimum atomic E-state index is -3.62. The molecular weight excluding hydrogens is 347 g/mol. The number of benzene rings is 2. The van der Waals surface area contributed by atoms with E-state index < -0.39 is 21.7 Å². The average Bonchev–Trinajstić information content (AvgIpc) is 2.54. The van der Waals surface area contributed by atoms with Crippen molar-refractivity contribution in [2.45, 2.75) is 11.8 Å². The lowest BCUT2D eigenvalue weighted by Crippen LogP contribution is -2.24. The van der Waals surface area contributed by atoms with E-state index in [1.54, 1.807) is 19.1 Å². The summed E-state index contributed by atoms with van der Waals surface area (Å²) in [5.74, 6) is -0.716. The first-order valence-electron chi connectivity index (χ1n) is 7.41. The minimum Gasteiger partial charge on any atom is -0.484 e. The number of carbonyl (C=O) groups is 1. The number of hydrogen-bond donors (Lipinski definition) is 1. The summed E-state index contributed by atoms with van der Waals surface area (Å²) in [6, 6.07) is 10.0. The number of halogens is 1. The van der Waals surface area contributed by atoms with Crippen molar-refractivity contribution in [3.8, 4) is 5.75 Å². The molecule has 2 rings (SSSR count). The van der Waals surface area contributed by atoms with Gasteiger partial charge in [0.2, 0.25) is 10.0 Å². The molecule has 0 radical (unpaired) electrons. The molecule has 0 atom stereocenters. The minimum absolute atomic E-state index is 0.112. The van der Waals surface area contributed by atoms with Gasteiger partial charge < -0.3 is 10.1 Å². The van der Waals surface area contributed by atoms with Crippen LogP contribution in [-0.2, 0) is 14.8 Å². The smallest absolute Gasteiger partial charge is 0.262 e. The zero-order valence-corrected chi connectivity index (χ0v) is 14.9. The molecule has 0 bridgehead atoms. The van der Waals surface area contributed by atoms with Crippen LogP contribution in [0.1, 0.15) is 5.56 Å². The van der Waals surface area contributed by atoms with Crippen molar-refractivity contribution in [2.75, 3.05) is 26.0 Å². The molecule has 8 heteroatoms. The third-order valence-electron chi connectivity index (χ3n) is 3.40. The van der Waals surface area contributed by atoms with Gasteiger partial charge in [0.05, 0.1) is 4.90 Å². The number of rotatable bonds is 6. The van der Waals surface area contributed by atoms with Gasteiger partial charge in [-0.05, 0) is 36.8 Å². The molecule has 0 heterocycles. The Labute approximate surface area is 146 Å². The van der Waals surface area contributed by atoms with Gasteiger partial charge in [0.15, 0.2) is 6.61 Å². The Morgan fingerprint density at radius 3 is 2.56 bits per heavy atom. The first-order valence-corrected chi connectivity index (χ1v) is 8.85. The molecular formula is C17H19FN2O4S. The van der Waals surface area contributed by atoms with E-state index >= 15 is 0 Å². The molecule has 1 amide bonds. The zero-order valence-electron chi connectivity index (χ0n) is 14.1. The second-order valence-corrected chi connectivity index (χ2v) is 7.68. The summed E-state index contributed by atoms with van der Waals surface area (Å²) in [4.78, 5) is 12.1. The third kappa shape index (κ3) is 4.77. The summed E-state index contributed by atoms with van der Waals surface area (Å²) < 4.78 is 43.9. The van der Waals surface area contributed by atoms with Crippen LogP contribution in [0.5, 0.6) is 5.75 Å². The Hall–Kier alpha value is -2.45. The molecule has 2 aromatic rings. The van der Waals surface area contributed by atoms with Crippen molar-refractivity contribution in [1.82, 2.24) is 4.31 Å². The molecule has 6 nitrogen and oxygen atoms in total. The van der Waals surface area contributed by atoms with Crippen LogP contribution in [0.3, 0.4) is 0 Å². The molecule has 25 heavy (non-hydrogen) atoms. The van der Waals surface area contributed by atoms with Gasteiger partial charge in [0, 0.05) is 25.8 Å². The fourth-order valence-electron chi connectivity index (χ4n) is 2.06. The number of anilines is 1. The van der Waals surface area contributed by atoms with Crippen LogP contribution < -0.4 is 10.1 Å². The first-order chi connectivity index (χ1) is 11.7. The van der Waals surface area contributed by atoms with Gasteiger partial charge in [0.1, 0.15) is 11.6 Å². The SMILES string of the molecule is Cc1ccc(NC(=O)COc2cccc(F)c2)cc1S(=O)(=O)N(C)C. The number of nitrogens with one attached hydrogen (secondary N) is 1. The van der Waals surface area contributed by atoms with Gasteiger partial charge in [0.25, 0.3) is 5.91 Å². The highest BCUT2D eigenvalue weighted by molar-refractivity contribution is 7.89. The Kier molecular flexibility index (Phi) is 5.76. The topological polar surface area (TPSA) is 75.7 Å². The molecule has 1 N–H and O–H groups in total. The second kappa shape index (κ2) is 7.62. The summed E-state index contributed by atoms with van der Waals surface area (Å²) in [6.45, 7) is 1.35. The normalized spacial score (nSPS) is 11.4. The largest absolute Gasteiger partial charge is 0.484 e. The van der Waals surface area contributed by atoms with Gasteiger partial charge in [-0.3, -0.25) is 4.79 Å². The van der Waals surface area contributed by atoms with Gasteiger partial charge in [-0.25, -0.2) is 17.1 Å². The molecule has 0 aromatic heterocycles. The van der Waals surface area contributed by atoms with E-state index in [-0.39, 0.29) is 17.3 Å². The van der Waals surface area contributed by atoms with Crippen molar-refractivity contribution >= 4 is 21.6 Å². The van der Waals surface area contributed by atoms with Crippen molar-refractivity contribution in [3.63, 3.8) is 0 Å². The highest BCUT2D eigenvalue weighted by Gasteiger charge is 2.20. The van der Waals surface area contributed by atoms with Gasteiger partial charge in [-0.1, -0.05) is 12.1 Å². The standard InChI is InChI=1S/C17H19FN2O4S/c1-12-7-8-14(10-16(12)25(22,23)20(2)3)19-17(21)11-24-15-6-4-5-13(18)9-15/h4-10H,11H2,1-3H3,(H,19,21). The molecule has 0 saturated heterocycles. The Balaban J connectivity index is 2.09. The van der Waals surface area contributed by atoms with E-state index in [0.717, 1.165) is 4.31 Å². The van der Waals surface area contributed by atoms with Crippen LogP contribution in [0.2, 0.25) is 0 Å². The molecule has 0 aliphatic heterocycles. The fourth-order valence-corrected chi connectivity index (χ4v) is 3.20. The monoisotopic (exact) mass is 366 g/mol. The van der Waals surface area contributed by atoms with E-state index in [4.69, 9.17) is 4.74 Å². The van der Waals surface area contributed by atoms with Crippen LogP contribution in [-0.4, -0.2) is 39.3 Å². The Bertz CT molecular complexity index is 882. The number of hydrogen-bond acceptors (Lipinski definition) is 4. The van der Waals surface area contributed by atoms with E-state index in [9.17, 15) is 17.6 Å². The van der Waals surface area contributed by atoms with E-state index in [2.05, 4.69) is 5.32 Å². The lowest BCUT2D eigenvalue weighted by molar-refractivity contribution is -0.118. The maximum absolute atomic E-state index is 13.1. The summed E-state index contributed by atoms with van der Waals surface area (Å²) in [6.07, 6.45) is 0. The summed E-state index contributed by atoms with van der Waals surface area (Å²) in [7, 11) is -0.742. The number of ether oxygens (including phenoxy) is 1. The number of sulfonamides is 1. The molecule has 2 aromatic carbocycles. The second-order valence-electron chi connectivity index (χ2n) is 5.56. The van der Waals surface area contributed by atoms with Gasteiger partial charge in [-0.15, -0.1) is 0 Å². The number of carbonyl (C=O) groups excluding carboxylic acids is 1. The van der Waals surface area contributed by atoms with Crippen molar-refractivity contribution in [1.29, 1.82) is 0 Å². The third-order valence-corrected chi connectivity index (χ3v) is 5.35. The maximum atomic E-state index is 13.1. The first kappa shape index (κ1) is 18.9. The average molecular weight is 366 g/mol. The van der Waals surface area contributed by atoms with Crippen LogP contribution in [0.4, 0.5) is 10.1 Å². The predicted octanol–water partition coefficient (Wildman–Crippen LogP) is 2.40. The summed E-state index contributed by atoms with van der Waals surface area (Å²) >= 11 is 0. The summed E-state index contributed by atoms with van der Waals surface area (Å²) in [5, 5.41) is 2.56. The van der Waals surface area contributed by atoms with E-state index in [1.807, 2.05) is 0 Å². The lowest BCUT2D eigenvalue weighted by Gasteiger charge is -2.15. The maximum Gasteiger partial charge on any atom is 0.262 e. The zero-order chi connectivity index (χ0) is 18.6. The number of amides is 1. The highest BCUT2D eigenvalue weighted by Crippen LogP contribution is 2.22. The van der Waals surface area contributed by atoms with Gasteiger partial charge >= 0.3 is 0 Å². The Morgan fingerprint density at radius 2 is 1.92 bits per heavy atom. The summed E-state index contributed by atoms with van der Waals surface area (Å²) in [5.41, 5.74) is 0.904. The van der Waals surface area contributed by atoms with Crippen LogP contribution in [0.25, 0.3) is 0 Å². The van der Waals surface area contributed by atoms with Crippen LogP contribution in [0, 0.1) is 12.7 Å². The quantitative estimate of drug-likeness (QED) is 0.852. The molecule has 0 unspecified atom stereocenters. The van der Waals surface area contributed by atoms with E-state index in [1.165, 1.54) is 44.4 Å². The molecule has 0 saturated carbocycles. The van der Waals surface area contributed by atoms with Gasteiger partial charge in [-0.2, -0.15) is 0 Å². The Morgan fingerprint density at radius 1 is 1.20 bits per heavy atom. The van der Waals surface area contributed by atoms with Crippen LogP contribution >= 0.6 is 0 Å². The van der Waals surface area contributed by atoms with Crippen molar-refractivity contribution in [2.24, 2.45) is 0 Å². The van der Waals surface area contributed by atoms with Crippen LogP contribution in [0.15, 0.2) is 47.4 Å². The van der Waals surface area contributed by atoms with Crippen molar-refractivity contribution in [3.05, 3.63) is 53.8 Å². The molecule has 0 aliphatic rings. The molecule has 0 spiro atoms. The number of aryl methyl sites for hydroxylation is 1. The predicted molar refractivity (Wildman–Crippen MR) is 92.6 cm³/mol. The van der Waals surface area contributed by atoms with Crippen molar-refractivity contribution < 1.29 is 22.3 Å². The molecule has 0 fully saturated rings. The fraction of sp³-hybridized carbons (Fsp3) is 0.235. The highest BCUT2D eigenvalue weighted by atomic mass is 32.2. The lowest BCUT2D eigenvalue weighted by atomic mass is 10.2. The van der Waals surface area contributed by atoms with E-state index in [0.29, 0.717) is 11.3 Å². The number of nitrogens with zero attached hydrogens (tertiary/aromatic N) is 1. The molecule has 134 valence electrons. The molecule has 0 aliphatic carbocycles.